The zero-order valence-corrected chi connectivity index (χ0v) is 9.86. The van der Waals surface area contributed by atoms with Crippen molar-refractivity contribution in [1.29, 1.82) is 0 Å². The molecule has 0 unspecified atom stereocenters. The highest BCUT2D eigenvalue weighted by molar-refractivity contribution is 5.97. The van der Waals surface area contributed by atoms with Gasteiger partial charge in [-0.2, -0.15) is 0 Å². The summed E-state index contributed by atoms with van der Waals surface area (Å²) in [6, 6.07) is 0. The second-order valence-corrected chi connectivity index (χ2v) is 3.51. The Hall–Kier alpha value is -1.78. The van der Waals surface area contributed by atoms with E-state index in [1.165, 1.54) is 20.3 Å². The second-order valence-electron chi connectivity index (χ2n) is 3.51. The molecule has 0 N–H and O–H groups in total. The third-order valence-electron chi connectivity index (χ3n) is 2.54. The number of esters is 2. The topological polar surface area (TPSA) is 55.8 Å². The van der Waals surface area contributed by atoms with E-state index in [0.717, 1.165) is 5.70 Å². The lowest BCUT2D eigenvalue weighted by atomic mass is 10.0. The van der Waals surface area contributed by atoms with E-state index in [1.807, 2.05) is 0 Å². The number of ether oxygens (including phenoxy) is 2. The Balaban J connectivity index is 3.11. The molecule has 0 saturated heterocycles. The van der Waals surface area contributed by atoms with Crippen LogP contribution in [0.5, 0.6) is 0 Å². The summed E-state index contributed by atoms with van der Waals surface area (Å²) in [5.74, 6) is -0.883. The van der Waals surface area contributed by atoms with Crippen LogP contribution in [0.4, 0.5) is 0 Å². The minimum atomic E-state index is -0.453. The normalized spacial score (nSPS) is 15.8. The van der Waals surface area contributed by atoms with Gasteiger partial charge in [0.1, 0.15) is 0 Å². The van der Waals surface area contributed by atoms with Gasteiger partial charge < -0.3 is 14.4 Å². The highest BCUT2D eigenvalue weighted by Gasteiger charge is 2.23. The summed E-state index contributed by atoms with van der Waals surface area (Å²) in [6.45, 7) is 2.23. The maximum absolute atomic E-state index is 11.5. The minimum Gasteiger partial charge on any atom is -0.466 e. The van der Waals surface area contributed by atoms with E-state index in [4.69, 9.17) is 0 Å². The smallest absolute Gasteiger partial charge is 0.339 e. The lowest BCUT2D eigenvalue weighted by Gasteiger charge is -2.26. The van der Waals surface area contributed by atoms with E-state index >= 15 is 0 Å². The first-order valence-corrected chi connectivity index (χ1v) is 4.80. The van der Waals surface area contributed by atoms with Crippen molar-refractivity contribution in [3.05, 3.63) is 22.9 Å². The summed E-state index contributed by atoms with van der Waals surface area (Å²) in [7, 11) is 4.42. The van der Waals surface area contributed by atoms with E-state index in [0.29, 0.717) is 17.7 Å². The van der Waals surface area contributed by atoms with Crippen molar-refractivity contribution in [2.45, 2.75) is 6.92 Å². The van der Waals surface area contributed by atoms with Crippen LogP contribution in [0.3, 0.4) is 0 Å². The fourth-order valence-electron chi connectivity index (χ4n) is 1.48. The predicted octanol–water partition coefficient (Wildman–Crippen LogP) is 0.478. The lowest BCUT2D eigenvalue weighted by molar-refractivity contribution is -0.136. The molecule has 88 valence electrons. The van der Waals surface area contributed by atoms with Gasteiger partial charge in [-0.25, -0.2) is 9.59 Å². The number of methoxy groups -OCH3 is 2. The molecule has 0 aromatic rings. The number of rotatable bonds is 2. The molecule has 0 spiro atoms. The quantitative estimate of drug-likeness (QED) is 0.640. The molecule has 1 rings (SSSR count). The van der Waals surface area contributed by atoms with E-state index in [2.05, 4.69) is 9.47 Å². The molecule has 0 aromatic carbocycles. The monoisotopic (exact) mass is 225 g/mol. The molecule has 0 saturated carbocycles. The molecule has 0 atom stereocenters. The van der Waals surface area contributed by atoms with E-state index in [-0.39, 0.29) is 0 Å². The van der Waals surface area contributed by atoms with Gasteiger partial charge in [0.25, 0.3) is 0 Å². The van der Waals surface area contributed by atoms with Gasteiger partial charge in [0.15, 0.2) is 0 Å². The molecule has 1 aliphatic rings. The lowest BCUT2D eigenvalue weighted by Crippen LogP contribution is -2.29. The fraction of sp³-hybridized carbons (Fsp3) is 0.455. The molecule has 1 aliphatic heterocycles. The molecule has 1 heterocycles. The predicted molar refractivity (Wildman–Crippen MR) is 57.4 cm³/mol. The van der Waals surface area contributed by atoms with Crippen molar-refractivity contribution < 1.29 is 19.1 Å². The van der Waals surface area contributed by atoms with Gasteiger partial charge in [-0.3, -0.25) is 0 Å². The molecular weight excluding hydrogens is 210 g/mol. The van der Waals surface area contributed by atoms with Crippen LogP contribution in [-0.4, -0.2) is 44.7 Å². The van der Waals surface area contributed by atoms with Crippen molar-refractivity contribution in [3.8, 4) is 0 Å². The number of carbonyl (C=O) groups excluding carboxylic acids is 2. The number of allylic oxidation sites excluding steroid dienone is 1. The van der Waals surface area contributed by atoms with E-state index in [1.54, 1.807) is 18.9 Å². The number of carbonyl (C=O) groups is 2. The highest BCUT2D eigenvalue weighted by Crippen LogP contribution is 2.20. The molecule has 16 heavy (non-hydrogen) atoms. The van der Waals surface area contributed by atoms with Crippen molar-refractivity contribution in [2.75, 3.05) is 27.8 Å². The summed E-state index contributed by atoms with van der Waals surface area (Å²) >= 11 is 0. The van der Waals surface area contributed by atoms with Gasteiger partial charge >= 0.3 is 11.9 Å². The Morgan fingerprint density at radius 2 is 1.81 bits per heavy atom. The number of hydrogen-bond donors (Lipinski definition) is 0. The molecule has 0 bridgehead atoms. The van der Waals surface area contributed by atoms with Crippen molar-refractivity contribution in [2.24, 2.45) is 0 Å². The molecule has 5 heteroatoms. The standard InChI is InChI=1S/C11H15NO4/c1-7-9(11(14)16-4)5-8(6-12(7)2)10(13)15-3/h5H,6H2,1-4H3. The average Bonchev–Trinajstić information content (AvgIpc) is 2.30. The van der Waals surface area contributed by atoms with Gasteiger partial charge in [0.2, 0.25) is 0 Å². The van der Waals surface area contributed by atoms with Crippen LogP contribution >= 0.6 is 0 Å². The van der Waals surface area contributed by atoms with Crippen LogP contribution in [-0.2, 0) is 19.1 Å². The van der Waals surface area contributed by atoms with Gasteiger partial charge in [0.05, 0.1) is 25.4 Å². The van der Waals surface area contributed by atoms with Crippen LogP contribution in [0, 0.1) is 0 Å². The van der Waals surface area contributed by atoms with Crippen molar-refractivity contribution >= 4 is 11.9 Å². The first-order chi connectivity index (χ1) is 7.51. The van der Waals surface area contributed by atoms with Crippen molar-refractivity contribution in [3.63, 3.8) is 0 Å². The van der Waals surface area contributed by atoms with Crippen LogP contribution in [0.2, 0.25) is 0 Å². The largest absolute Gasteiger partial charge is 0.466 e. The van der Waals surface area contributed by atoms with Gasteiger partial charge in [0, 0.05) is 19.3 Å². The SMILES string of the molecule is COC(=O)C1=CC(C(=O)OC)=C(C)N(C)C1. The van der Waals surface area contributed by atoms with Crippen LogP contribution in [0.25, 0.3) is 0 Å². The van der Waals surface area contributed by atoms with Gasteiger partial charge in [-0.15, -0.1) is 0 Å². The Kier molecular flexibility index (Phi) is 3.71. The molecule has 0 amide bonds. The first kappa shape index (κ1) is 12.3. The van der Waals surface area contributed by atoms with Crippen LogP contribution < -0.4 is 0 Å². The zero-order chi connectivity index (χ0) is 12.3. The number of likely N-dealkylation sites (N-methyl/N-ethyl adjacent to an activating group) is 1. The summed E-state index contributed by atoms with van der Waals surface area (Å²) < 4.78 is 9.28. The Bertz CT molecular complexity index is 381. The minimum absolute atomic E-state index is 0.386. The Labute approximate surface area is 94.3 Å². The molecule has 0 aromatic heterocycles. The number of nitrogens with zero attached hydrogens (tertiary/aromatic N) is 1. The molecule has 0 aliphatic carbocycles. The molecule has 0 fully saturated rings. The van der Waals surface area contributed by atoms with Gasteiger partial charge in [-0.05, 0) is 13.0 Å². The van der Waals surface area contributed by atoms with E-state index in [9.17, 15) is 9.59 Å². The zero-order valence-electron chi connectivity index (χ0n) is 9.86. The van der Waals surface area contributed by atoms with Crippen LogP contribution in [0.1, 0.15) is 6.92 Å². The Morgan fingerprint density at radius 1 is 1.25 bits per heavy atom. The van der Waals surface area contributed by atoms with Crippen LogP contribution in [0.15, 0.2) is 22.9 Å². The Morgan fingerprint density at radius 3 is 2.31 bits per heavy atom. The summed E-state index contributed by atoms with van der Waals surface area (Å²) in [4.78, 5) is 24.7. The fourth-order valence-corrected chi connectivity index (χ4v) is 1.48. The van der Waals surface area contributed by atoms with Gasteiger partial charge in [-0.1, -0.05) is 0 Å². The molecule has 5 nitrogen and oxygen atoms in total. The maximum Gasteiger partial charge on any atom is 0.339 e. The summed E-state index contributed by atoms with van der Waals surface area (Å²) in [5.41, 5.74) is 1.60. The summed E-state index contributed by atoms with van der Waals surface area (Å²) in [6.07, 6.45) is 1.52. The number of hydrogen-bond acceptors (Lipinski definition) is 5. The second kappa shape index (κ2) is 4.83. The molecule has 0 radical (unpaired) electrons. The third kappa shape index (κ3) is 2.24. The average molecular weight is 225 g/mol. The first-order valence-electron chi connectivity index (χ1n) is 4.80. The summed E-state index contributed by atoms with van der Waals surface area (Å²) in [5, 5.41) is 0. The maximum atomic E-state index is 11.5. The van der Waals surface area contributed by atoms with Crippen molar-refractivity contribution in [1.82, 2.24) is 4.90 Å². The third-order valence-corrected chi connectivity index (χ3v) is 2.54. The highest BCUT2D eigenvalue weighted by atomic mass is 16.5. The van der Waals surface area contributed by atoms with E-state index < -0.39 is 11.9 Å². The molecular formula is C11H15NO4.